The molecule has 0 unspecified atom stereocenters. The fraction of sp³-hybridized carbons (Fsp3) is 0.462. The summed E-state index contributed by atoms with van der Waals surface area (Å²) in [6.07, 6.45) is 0. The Morgan fingerprint density at radius 2 is 1.80 bits per heavy atom. The Bertz CT molecular complexity index is 365. The Kier molecular flexibility index (Phi) is 3.51. The number of carbonyl (C=O) groups is 1. The van der Waals surface area contributed by atoms with Gasteiger partial charge in [0.2, 0.25) is 0 Å². The monoisotopic (exact) mass is 206 g/mol. The largest absolute Gasteiger partial charge is 0.507 e. The summed E-state index contributed by atoms with van der Waals surface area (Å²) in [6.45, 7) is 7.67. The summed E-state index contributed by atoms with van der Waals surface area (Å²) in [7, 11) is 0. The molecule has 0 aliphatic carbocycles. The molecule has 0 amide bonds. The van der Waals surface area contributed by atoms with Crippen LogP contribution in [0.4, 0.5) is 0 Å². The lowest BCUT2D eigenvalue weighted by molar-refractivity contribution is 0.0936. The number of rotatable bonds is 3. The minimum atomic E-state index is -0.0849. The van der Waals surface area contributed by atoms with Gasteiger partial charge in [-0.1, -0.05) is 39.8 Å². The highest BCUT2D eigenvalue weighted by molar-refractivity contribution is 6.00. The molecule has 0 spiro atoms. The Morgan fingerprint density at radius 1 is 1.20 bits per heavy atom. The Balaban J connectivity index is 3.21. The summed E-state index contributed by atoms with van der Waals surface area (Å²) in [6, 6.07) is 5.37. The first-order valence-corrected chi connectivity index (χ1v) is 5.31. The first-order valence-electron chi connectivity index (χ1n) is 5.31. The molecular formula is C13H18O2. The first kappa shape index (κ1) is 11.8. The van der Waals surface area contributed by atoms with Gasteiger partial charge in [-0.15, -0.1) is 0 Å². The zero-order chi connectivity index (χ0) is 11.6. The first-order chi connectivity index (χ1) is 6.95. The van der Waals surface area contributed by atoms with Crippen LogP contribution >= 0.6 is 0 Å². The molecule has 0 saturated heterocycles. The predicted octanol–water partition coefficient (Wildman–Crippen LogP) is 3.35. The molecule has 15 heavy (non-hydrogen) atoms. The molecule has 1 N–H and O–H groups in total. The van der Waals surface area contributed by atoms with Crippen LogP contribution in [0.15, 0.2) is 18.2 Å². The third-order valence-electron chi connectivity index (χ3n) is 2.48. The van der Waals surface area contributed by atoms with E-state index in [-0.39, 0.29) is 23.4 Å². The normalized spacial score (nSPS) is 11.1. The summed E-state index contributed by atoms with van der Waals surface area (Å²) in [4.78, 5) is 11.8. The van der Waals surface area contributed by atoms with Crippen molar-refractivity contribution in [2.45, 2.75) is 33.6 Å². The SMILES string of the molecule is CC(C)C(=O)c1cccc(C(C)C)c1O. The second-order valence-electron chi connectivity index (χ2n) is 4.42. The van der Waals surface area contributed by atoms with E-state index in [0.717, 1.165) is 5.56 Å². The second-order valence-corrected chi connectivity index (χ2v) is 4.42. The van der Waals surface area contributed by atoms with Crippen LogP contribution in [0.1, 0.15) is 49.5 Å². The molecule has 2 heteroatoms. The summed E-state index contributed by atoms with van der Waals surface area (Å²) in [5.74, 6) is 0.282. The molecular weight excluding hydrogens is 188 g/mol. The van der Waals surface area contributed by atoms with Crippen molar-refractivity contribution in [3.05, 3.63) is 29.3 Å². The highest BCUT2D eigenvalue weighted by Crippen LogP contribution is 2.30. The lowest BCUT2D eigenvalue weighted by Crippen LogP contribution is -2.08. The summed E-state index contributed by atoms with van der Waals surface area (Å²) in [5, 5.41) is 9.96. The van der Waals surface area contributed by atoms with E-state index in [1.54, 1.807) is 6.07 Å². The quantitative estimate of drug-likeness (QED) is 0.770. The van der Waals surface area contributed by atoms with Gasteiger partial charge >= 0.3 is 0 Å². The van der Waals surface area contributed by atoms with Crippen molar-refractivity contribution in [2.75, 3.05) is 0 Å². The summed E-state index contributed by atoms with van der Waals surface area (Å²) < 4.78 is 0. The second kappa shape index (κ2) is 4.47. The standard InChI is InChI=1S/C13H18O2/c1-8(2)10-6-5-7-11(13(10)15)12(14)9(3)4/h5-9,15H,1-4H3. The van der Waals surface area contributed by atoms with E-state index >= 15 is 0 Å². The molecule has 0 aliphatic heterocycles. The highest BCUT2D eigenvalue weighted by Gasteiger charge is 2.17. The Hall–Kier alpha value is -1.31. The topological polar surface area (TPSA) is 37.3 Å². The van der Waals surface area contributed by atoms with Crippen molar-refractivity contribution in [1.82, 2.24) is 0 Å². The summed E-state index contributed by atoms with van der Waals surface area (Å²) >= 11 is 0. The number of hydrogen-bond donors (Lipinski definition) is 1. The fourth-order valence-corrected chi connectivity index (χ4v) is 1.54. The molecule has 0 radical (unpaired) electrons. The van der Waals surface area contributed by atoms with E-state index < -0.39 is 0 Å². The average molecular weight is 206 g/mol. The minimum Gasteiger partial charge on any atom is -0.507 e. The van der Waals surface area contributed by atoms with Crippen LogP contribution in [0, 0.1) is 5.92 Å². The fourth-order valence-electron chi connectivity index (χ4n) is 1.54. The molecule has 0 heterocycles. The van der Waals surface area contributed by atoms with Gasteiger partial charge in [-0.25, -0.2) is 0 Å². The van der Waals surface area contributed by atoms with Crippen LogP contribution in [0.25, 0.3) is 0 Å². The number of aromatic hydroxyl groups is 1. The maximum atomic E-state index is 11.8. The molecule has 0 bridgehead atoms. The number of benzene rings is 1. The Morgan fingerprint density at radius 3 is 2.27 bits per heavy atom. The van der Waals surface area contributed by atoms with Crippen LogP contribution in [0.5, 0.6) is 5.75 Å². The molecule has 1 aromatic carbocycles. The van der Waals surface area contributed by atoms with E-state index in [9.17, 15) is 9.90 Å². The van der Waals surface area contributed by atoms with Gasteiger partial charge in [0, 0.05) is 5.92 Å². The average Bonchev–Trinajstić information content (AvgIpc) is 2.16. The van der Waals surface area contributed by atoms with Crippen molar-refractivity contribution < 1.29 is 9.90 Å². The number of phenols is 1. The lowest BCUT2D eigenvalue weighted by Gasteiger charge is -2.12. The maximum Gasteiger partial charge on any atom is 0.169 e. The van der Waals surface area contributed by atoms with E-state index in [0.29, 0.717) is 5.56 Å². The number of ketones is 1. The van der Waals surface area contributed by atoms with Crippen molar-refractivity contribution >= 4 is 5.78 Å². The third kappa shape index (κ3) is 2.38. The predicted molar refractivity (Wildman–Crippen MR) is 61.4 cm³/mol. The minimum absolute atomic E-state index is 0.00463. The van der Waals surface area contributed by atoms with Gasteiger partial charge in [0.15, 0.2) is 5.78 Å². The molecule has 1 aromatic rings. The Labute approximate surface area is 90.9 Å². The molecule has 82 valence electrons. The van der Waals surface area contributed by atoms with Gasteiger partial charge in [-0.3, -0.25) is 4.79 Å². The van der Waals surface area contributed by atoms with E-state index in [2.05, 4.69) is 0 Å². The van der Waals surface area contributed by atoms with Crippen LogP contribution in [0.3, 0.4) is 0 Å². The van der Waals surface area contributed by atoms with Gasteiger partial charge in [-0.2, -0.15) is 0 Å². The van der Waals surface area contributed by atoms with E-state index in [1.807, 2.05) is 39.8 Å². The number of para-hydroxylation sites is 1. The van der Waals surface area contributed by atoms with Crippen molar-refractivity contribution in [2.24, 2.45) is 5.92 Å². The molecule has 0 aliphatic rings. The number of carbonyl (C=O) groups excluding carboxylic acids is 1. The zero-order valence-electron chi connectivity index (χ0n) is 9.74. The number of phenolic OH excluding ortho intramolecular Hbond substituents is 1. The van der Waals surface area contributed by atoms with E-state index in [1.165, 1.54) is 0 Å². The van der Waals surface area contributed by atoms with Crippen LogP contribution in [-0.4, -0.2) is 10.9 Å². The van der Waals surface area contributed by atoms with Crippen molar-refractivity contribution in [1.29, 1.82) is 0 Å². The van der Waals surface area contributed by atoms with Crippen LogP contribution in [-0.2, 0) is 0 Å². The molecule has 0 fully saturated rings. The maximum absolute atomic E-state index is 11.8. The lowest BCUT2D eigenvalue weighted by atomic mass is 9.94. The molecule has 2 nitrogen and oxygen atoms in total. The molecule has 0 aromatic heterocycles. The van der Waals surface area contributed by atoms with Crippen LogP contribution in [0.2, 0.25) is 0 Å². The number of Topliss-reactive ketones (excluding diaryl/α,β-unsaturated/α-hetero) is 1. The highest BCUT2D eigenvalue weighted by atomic mass is 16.3. The van der Waals surface area contributed by atoms with Gasteiger partial charge in [0.1, 0.15) is 5.75 Å². The van der Waals surface area contributed by atoms with Gasteiger partial charge in [0.25, 0.3) is 0 Å². The van der Waals surface area contributed by atoms with Gasteiger partial charge < -0.3 is 5.11 Å². The van der Waals surface area contributed by atoms with Gasteiger partial charge in [0.05, 0.1) is 5.56 Å². The summed E-state index contributed by atoms with van der Waals surface area (Å²) in [5.41, 5.74) is 1.28. The molecule has 0 atom stereocenters. The number of hydrogen-bond acceptors (Lipinski definition) is 2. The third-order valence-corrected chi connectivity index (χ3v) is 2.48. The zero-order valence-corrected chi connectivity index (χ0v) is 9.74. The van der Waals surface area contributed by atoms with Crippen LogP contribution < -0.4 is 0 Å². The van der Waals surface area contributed by atoms with Gasteiger partial charge in [-0.05, 0) is 17.5 Å². The van der Waals surface area contributed by atoms with Crippen molar-refractivity contribution in [3.63, 3.8) is 0 Å². The molecule has 0 saturated carbocycles. The molecule has 1 rings (SSSR count). The smallest absolute Gasteiger partial charge is 0.169 e. The van der Waals surface area contributed by atoms with E-state index in [4.69, 9.17) is 0 Å². The van der Waals surface area contributed by atoms with Crippen molar-refractivity contribution in [3.8, 4) is 5.75 Å².